The summed E-state index contributed by atoms with van der Waals surface area (Å²) in [5.74, 6) is 0. The van der Waals surface area contributed by atoms with Crippen LogP contribution in [0.5, 0.6) is 0 Å². The van der Waals surface area contributed by atoms with Crippen molar-refractivity contribution < 1.29 is 0 Å². The van der Waals surface area contributed by atoms with Crippen molar-refractivity contribution >= 4 is 6.21 Å². The third-order valence-corrected chi connectivity index (χ3v) is 1.34. The molecule has 0 aliphatic carbocycles. The largest absolute Gasteiger partial charge is 0.289 e. The Hall–Kier alpha value is -1.11. The van der Waals surface area contributed by atoms with Crippen molar-refractivity contribution in [3.05, 3.63) is 36.5 Å². The second kappa shape index (κ2) is 3.83. The van der Waals surface area contributed by atoms with E-state index in [0.29, 0.717) is 0 Å². The van der Waals surface area contributed by atoms with E-state index in [1.54, 1.807) is 0 Å². The van der Waals surface area contributed by atoms with Crippen molar-refractivity contribution in [3.63, 3.8) is 0 Å². The van der Waals surface area contributed by atoms with Crippen LogP contribution in [-0.4, -0.2) is 12.8 Å². The zero-order valence-corrected chi connectivity index (χ0v) is 5.96. The summed E-state index contributed by atoms with van der Waals surface area (Å²) in [6, 6.07) is 0. The summed E-state index contributed by atoms with van der Waals surface area (Å²) in [6.45, 7) is 4.47. The second-order valence-electron chi connectivity index (χ2n) is 2.15. The van der Waals surface area contributed by atoms with Gasteiger partial charge >= 0.3 is 0 Å². The van der Waals surface area contributed by atoms with E-state index in [4.69, 9.17) is 0 Å². The van der Waals surface area contributed by atoms with Gasteiger partial charge in [-0.3, -0.25) is 4.99 Å². The average Bonchev–Trinajstić information content (AvgIpc) is 2.17. The van der Waals surface area contributed by atoms with Crippen molar-refractivity contribution in [3.8, 4) is 0 Å². The first kappa shape index (κ1) is 7.00. The highest BCUT2D eigenvalue weighted by Crippen LogP contribution is 2.04. The van der Waals surface area contributed by atoms with Crippen molar-refractivity contribution in [1.29, 1.82) is 0 Å². The monoisotopic (exact) mass is 133 g/mol. The highest BCUT2D eigenvalue weighted by atomic mass is 14.7. The van der Waals surface area contributed by atoms with E-state index in [2.05, 4.69) is 23.7 Å². The number of allylic oxidation sites excluding steroid dienone is 4. The quantitative estimate of drug-likeness (QED) is 0.512. The predicted octanol–water partition coefficient (Wildman–Crippen LogP) is 2.13. The minimum atomic E-state index is 0.802. The number of nitrogens with zero attached hydrogens (tertiary/aromatic N) is 1. The van der Waals surface area contributed by atoms with E-state index in [0.717, 1.165) is 13.0 Å². The van der Waals surface area contributed by atoms with Gasteiger partial charge in [-0.25, -0.2) is 0 Å². The predicted molar refractivity (Wildman–Crippen MR) is 45.4 cm³/mol. The normalized spacial score (nSPS) is 16.2. The first-order chi connectivity index (χ1) is 4.93. The Morgan fingerprint density at radius 2 is 2.60 bits per heavy atom. The molecule has 52 valence electrons. The lowest BCUT2D eigenvalue weighted by atomic mass is 10.1. The van der Waals surface area contributed by atoms with Crippen LogP contribution in [0.15, 0.2) is 41.4 Å². The van der Waals surface area contributed by atoms with Crippen LogP contribution in [0.3, 0.4) is 0 Å². The van der Waals surface area contributed by atoms with Gasteiger partial charge in [0, 0.05) is 6.21 Å². The molecule has 0 aromatic carbocycles. The molecule has 0 aromatic heterocycles. The maximum Gasteiger partial charge on any atom is 0.0576 e. The fourth-order valence-electron chi connectivity index (χ4n) is 0.844. The van der Waals surface area contributed by atoms with Crippen LogP contribution < -0.4 is 0 Å². The van der Waals surface area contributed by atoms with Crippen LogP contribution in [0, 0.1) is 0 Å². The van der Waals surface area contributed by atoms with E-state index < -0.39 is 0 Å². The molecule has 0 unspecified atom stereocenters. The maximum atomic E-state index is 4.08. The smallest absolute Gasteiger partial charge is 0.0576 e. The van der Waals surface area contributed by atoms with Crippen LogP contribution in [0.1, 0.15) is 6.42 Å². The topological polar surface area (TPSA) is 12.4 Å². The molecule has 0 radical (unpaired) electrons. The molecule has 1 aliphatic rings. The summed E-state index contributed by atoms with van der Waals surface area (Å²) >= 11 is 0. The Morgan fingerprint density at radius 1 is 1.70 bits per heavy atom. The van der Waals surface area contributed by atoms with Gasteiger partial charge in [0.1, 0.15) is 0 Å². The zero-order valence-electron chi connectivity index (χ0n) is 5.96. The lowest BCUT2D eigenvalue weighted by Crippen LogP contribution is -1.76. The number of aliphatic imine (C=N–C) groups is 1. The molecule has 1 nitrogen and oxygen atoms in total. The molecular formula is C9H11N. The zero-order chi connectivity index (χ0) is 7.23. The van der Waals surface area contributed by atoms with Gasteiger partial charge < -0.3 is 0 Å². The van der Waals surface area contributed by atoms with Gasteiger partial charge in [0.05, 0.1) is 6.54 Å². The summed E-state index contributed by atoms with van der Waals surface area (Å²) in [5, 5.41) is 0. The number of rotatable bonds is 2. The van der Waals surface area contributed by atoms with Crippen LogP contribution in [0.25, 0.3) is 0 Å². The highest BCUT2D eigenvalue weighted by Gasteiger charge is 1.88. The van der Waals surface area contributed by atoms with E-state index in [1.165, 1.54) is 5.57 Å². The van der Waals surface area contributed by atoms with Gasteiger partial charge in [-0.1, -0.05) is 18.2 Å². The Morgan fingerprint density at radius 3 is 3.40 bits per heavy atom. The van der Waals surface area contributed by atoms with Gasteiger partial charge in [-0.2, -0.15) is 0 Å². The molecular weight excluding hydrogens is 122 g/mol. The van der Waals surface area contributed by atoms with Gasteiger partial charge in [0.15, 0.2) is 0 Å². The van der Waals surface area contributed by atoms with E-state index in [-0.39, 0.29) is 0 Å². The van der Waals surface area contributed by atoms with Crippen molar-refractivity contribution in [2.75, 3.05) is 6.54 Å². The molecule has 1 heterocycles. The summed E-state index contributed by atoms with van der Waals surface area (Å²) in [5.41, 5.74) is 1.30. The molecule has 1 heteroatoms. The Kier molecular flexibility index (Phi) is 2.68. The van der Waals surface area contributed by atoms with Gasteiger partial charge in [0.2, 0.25) is 0 Å². The lowest BCUT2D eigenvalue weighted by Gasteiger charge is -1.91. The standard InChI is InChI=1S/C9H11N/c1-2-4-9-5-3-7-10-8-6-9/h2-3,5-7H,1,4,8H2. The summed E-state index contributed by atoms with van der Waals surface area (Å²) in [4.78, 5) is 4.08. The third kappa shape index (κ3) is 2.02. The van der Waals surface area contributed by atoms with Crippen LogP contribution >= 0.6 is 0 Å². The van der Waals surface area contributed by atoms with Crippen molar-refractivity contribution in [2.24, 2.45) is 4.99 Å². The van der Waals surface area contributed by atoms with Gasteiger partial charge in [-0.05, 0) is 18.1 Å². The molecule has 0 N–H and O–H groups in total. The molecule has 10 heavy (non-hydrogen) atoms. The van der Waals surface area contributed by atoms with E-state index >= 15 is 0 Å². The average molecular weight is 133 g/mol. The second-order valence-corrected chi connectivity index (χ2v) is 2.15. The molecule has 0 amide bonds. The molecule has 1 rings (SSSR count). The SMILES string of the molecule is C=CCC1=CCN=CC=C1. The van der Waals surface area contributed by atoms with E-state index in [9.17, 15) is 0 Å². The van der Waals surface area contributed by atoms with Crippen LogP contribution in [0.4, 0.5) is 0 Å². The molecule has 0 saturated heterocycles. The molecule has 0 atom stereocenters. The van der Waals surface area contributed by atoms with Crippen molar-refractivity contribution in [2.45, 2.75) is 6.42 Å². The fourth-order valence-corrected chi connectivity index (χ4v) is 0.844. The van der Waals surface area contributed by atoms with Crippen LogP contribution in [-0.2, 0) is 0 Å². The molecule has 1 aliphatic heterocycles. The maximum absolute atomic E-state index is 4.08. The number of hydrogen-bond acceptors (Lipinski definition) is 1. The first-order valence-corrected chi connectivity index (χ1v) is 3.40. The molecule has 0 fully saturated rings. The molecule has 0 spiro atoms. The van der Waals surface area contributed by atoms with Crippen molar-refractivity contribution in [1.82, 2.24) is 0 Å². The minimum Gasteiger partial charge on any atom is -0.289 e. The van der Waals surface area contributed by atoms with E-state index in [1.807, 2.05) is 18.4 Å². The summed E-state index contributed by atoms with van der Waals surface area (Å²) < 4.78 is 0. The van der Waals surface area contributed by atoms with Crippen LogP contribution in [0.2, 0.25) is 0 Å². The lowest BCUT2D eigenvalue weighted by molar-refractivity contribution is 1.20. The highest BCUT2D eigenvalue weighted by molar-refractivity contribution is 5.72. The third-order valence-electron chi connectivity index (χ3n) is 1.34. The Labute approximate surface area is 61.5 Å². The molecule has 0 bridgehead atoms. The Balaban J connectivity index is 2.59. The van der Waals surface area contributed by atoms with Gasteiger partial charge in [-0.15, -0.1) is 6.58 Å². The fraction of sp³-hybridized carbons (Fsp3) is 0.222. The Bertz CT molecular complexity index is 197. The summed E-state index contributed by atoms with van der Waals surface area (Å²) in [6.07, 6.45) is 10.8. The molecule has 0 saturated carbocycles. The molecule has 0 aromatic rings. The number of hydrogen-bond donors (Lipinski definition) is 0. The first-order valence-electron chi connectivity index (χ1n) is 3.40. The summed E-state index contributed by atoms with van der Waals surface area (Å²) in [7, 11) is 0. The minimum absolute atomic E-state index is 0.802. The van der Waals surface area contributed by atoms with Gasteiger partial charge in [0.25, 0.3) is 0 Å².